The summed E-state index contributed by atoms with van der Waals surface area (Å²) >= 11 is 3.32. The third-order valence-electron chi connectivity index (χ3n) is 4.53. The van der Waals surface area contributed by atoms with Crippen molar-refractivity contribution in [3.8, 4) is 0 Å². The largest absolute Gasteiger partial charge is 0.358 e. The van der Waals surface area contributed by atoms with Crippen LogP contribution in [-0.2, 0) is 0 Å². The van der Waals surface area contributed by atoms with Gasteiger partial charge in [-0.3, -0.25) is 4.79 Å². The topological polar surface area (TPSA) is 49.0 Å². The minimum absolute atomic E-state index is 0.111. The first-order chi connectivity index (χ1) is 8.65. The molecule has 98 valence electrons. The van der Waals surface area contributed by atoms with E-state index in [-0.39, 0.29) is 5.56 Å². The quantitative estimate of drug-likeness (QED) is 0.932. The summed E-state index contributed by atoms with van der Waals surface area (Å²) in [4.78, 5) is 20.5. The van der Waals surface area contributed by atoms with Crippen LogP contribution in [0.1, 0.15) is 25.7 Å². The highest BCUT2D eigenvalue weighted by molar-refractivity contribution is 9.10. The average molecular weight is 312 g/mol. The number of anilines is 1. The maximum atomic E-state index is 11.5. The Morgan fingerprint density at radius 1 is 1.50 bits per heavy atom. The van der Waals surface area contributed by atoms with Crippen molar-refractivity contribution >= 4 is 21.7 Å². The smallest absolute Gasteiger partial charge is 0.267 e. The van der Waals surface area contributed by atoms with E-state index >= 15 is 0 Å². The molecule has 3 rings (SSSR count). The van der Waals surface area contributed by atoms with Gasteiger partial charge < -0.3 is 9.88 Å². The van der Waals surface area contributed by atoms with Crippen LogP contribution in [0.15, 0.2) is 15.6 Å². The van der Waals surface area contributed by atoms with E-state index in [4.69, 9.17) is 0 Å². The van der Waals surface area contributed by atoms with Crippen molar-refractivity contribution in [2.24, 2.45) is 17.8 Å². The SMILES string of the molecule is CN(CC1CC2CCC1C2)c1nc[nH]c(=O)c1Br. The Labute approximate surface area is 115 Å². The fourth-order valence-corrected chi connectivity index (χ4v) is 4.20. The minimum Gasteiger partial charge on any atom is -0.358 e. The number of nitrogens with one attached hydrogen (secondary N) is 1. The summed E-state index contributed by atoms with van der Waals surface area (Å²) in [7, 11) is 2.03. The average Bonchev–Trinajstić information content (AvgIpc) is 2.94. The maximum Gasteiger partial charge on any atom is 0.267 e. The molecule has 0 amide bonds. The molecule has 1 aromatic heterocycles. The lowest BCUT2D eigenvalue weighted by Crippen LogP contribution is -2.30. The number of aromatic nitrogens is 2. The molecule has 0 aromatic carbocycles. The zero-order valence-electron chi connectivity index (χ0n) is 10.5. The van der Waals surface area contributed by atoms with Crippen molar-refractivity contribution in [3.63, 3.8) is 0 Å². The van der Waals surface area contributed by atoms with E-state index in [1.807, 2.05) is 7.05 Å². The van der Waals surface area contributed by atoms with E-state index in [9.17, 15) is 4.79 Å². The number of H-pyrrole nitrogens is 1. The highest BCUT2D eigenvalue weighted by Gasteiger charge is 2.39. The third-order valence-corrected chi connectivity index (χ3v) is 5.25. The van der Waals surface area contributed by atoms with Gasteiger partial charge in [-0.15, -0.1) is 0 Å². The zero-order valence-corrected chi connectivity index (χ0v) is 12.1. The molecule has 3 atom stereocenters. The molecule has 2 fully saturated rings. The van der Waals surface area contributed by atoms with Crippen LogP contribution in [0.4, 0.5) is 5.82 Å². The molecule has 2 saturated carbocycles. The fourth-order valence-electron chi connectivity index (χ4n) is 3.68. The molecule has 2 aliphatic rings. The van der Waals surface area contributed by atoms with Crippen molar-refractivity contribution in [3.05, 3.63) is 21.2 Å². The normalized spacial score (nSPS) is 29.8. The second-order valence-corrected chi connectivity index (χ2v) is 6.48. The summed E-state index contributed by atoms with van der Waals surface area (Å²) in [6.45, 7) is 1.01. The van der Waals surface area contributed by atoms with E-state index in [1.54, 1.807) is 0 Å². The predicted octanol–water partition coefficient (Wildman–Crippen LogP) is 2.40. The summed E-state index contributed by atoms with van der Waals surface area (Å²) < 4.78 is 0.538. The zero-order chi connectivity index (χ0) is 12.7. The molecule has 4 nitrogen and oxygen atoms in total. The second kappa shape index (κ2) is 4.68. The molecule has 0 spiro atoms. The van der Waals surface area contributed by atoms with Gasteiger partial charge in [0.05, 0.1) is 6.33 Å². The van der Waals surface area contributed by atoms with Crippen molar-refractivity contribution < 1.29 is 0 Å². The van der Waals surface area contributed by atoms with Crippen LogP contribution in [0, 0.1) is 17.8 Å². The standard InChI is InChI=1S/C13H18BrN3O/c1-17(12-11(14)13(18)16-7-15-12)6-10-5-8-2-3-9(10)4-8/h7-10H,2-6H2,1H3,(H,15,16,18). The van der Waals surface area contributed by atoms with Crippen LogP contribution < -0.4 is 10.5 Å². The fraction of sp³-hybridized carbons (Fsp3) is 0.692. The lowest BCUT2D eigenvalue weighted by atomic mass is 9.88. The summed E-state index contributed by atoms with van der Waals surface area (Å²) in [6.07, 6.45) is 7.07. The highest BCUT2D eigenvalue weighted by Crippen LogP contribution is 2.48. The van der Waals surface area contributed by atoms with Gasteiger partial charge in [0, 0.05) is 13.6 Å². The van der Waals surface area contributed by atoms with Crippen LogP contribution in [0.5, 0.6) is 0 Å². The molecule has 5 heteroatoms. The summed E-state index contributed by atoms with van der Waals surface area (Å²) in [6, 6.07) is 0. The van der Waals surface area contributed by atoms with E-state index in [0.29, 0.717) is 4.47 Å². The first-order valence-corrected chi connectivity index (χ1v) is 7.38. The molecule has 0 radical (unpaired) electrons. The van der Waals surface area contributed by atoms with Gasteiger partial charge in [-0.05, 0) is 52.9 Å². The predicted molar refractivity (Wildman–Crippen MR) is 74.8 cm³/mol. The van der Waals surface area contributed by atoms with Gasteiger partial charge >= 0.3 is 0 Å². The Morgan fingerprint density at radius 3 is 3.00 bits per heavy atom. The second-order valence-electron chi connectivity index (χ2n) is 5.68. The number of rotatable bonds is 3. The van der Waals surface area contributed by atoms with E-state index in [2.05, 4.69) is 30.8 Å². The van der Waals surface area contributed by atoms with Crippen molar-refractivity contribution in [1.29, 1.82) is 0 Å². The number of hydrogen-bond acceptors (Lipinski definition) is 3. The first-order valence-electron chi connectivity index (χ1n) is 6.59. The van der Waals surface area contributed by atoms with Crippen LogP contribution >= 0.6 is 15.9 Å². The third kappa shape index (κ3) is 2.09. The monoisotopic (exact) mass is 311 g/mol. The van der Waals surface area contributed by atoms with Crippen LogP contribution in [0.3, 0.4) is 0 Å². The maximum absolute atomic E-state index is 11.5. The molecule has 2 aliphatic carbocycles. The van der Waals surface area contributed by atoms with E-state index in [1.165, 1.54) is 32.0 Å². The number of fused-ring (bicyclic) bond motifs is 2. The molecule has 1 heterocycles. The Morgan fingerprint density at radius 2 is 2.33 bits per heavy atom. The molecule has 0 aliphatic heterocycles. The van der Waals surface area contributed by atoms with Gasteiger partial charge in [0.2, 0.25) is 0 Å². The molecule has 1 N–H and O–H groups in total. The summed E-state index contributed by atoms with van der Waals surface area (Å²) in [5.74, 6) is 3.39. The van der Waals surface area contributed by atoms with Gasteiger partial charge in [0.1, 0.15) is 10.3 Å². The molecule has 2 bridgehead atoms. The van der Waals surface area contributed by atoms with Crippen LogP contribution in [0.2, 0.25) is 0 Å². The minimum atomic E-state index is -0.111. The van der Waals surface area contributed by atoms with Crippen LogP contribution in [0.25, 0.3) is 0 Å². The molecule has 3 unspecified atom stereocenters. The molecule has 1 aromatic rings. The van der Waals surface area contributed by atoms with E-state index < -0.39 is 0 Å². The van der Waals surface area contributed by atoms with Gasteiger partial charge in [0.25, 0.3) is 5.56 Å². The molecule has 0 saturated heterocycles. The molecule has 18 heavy (non-hydrogen) atoms. The summed E-state index contributed by atoms with van der Waals surface area (Å²) in [5, 5.41) is 0. The Kier molecular flexibility index (Phi) is 3.18. The number of hydrogen-bond donors (Lipinski definition) is 1. The number of nitrogens with zero attached hydrogens (tertiary/aromatic N) is 2. The lowest BCUT2D eigenvalue weighted by molar-refractivity contribution is 0.337. The van der Waals surface area contributed by atoms with Gasteiger partial charge in [0.15, 0.2) is 0 Å². The number of aromatic amines is 1. The molecular weight excluding hydrogens is 294 g/mol. The van der Waals surface area contributed by atoms with E-state index in [0.717, 1.165) is 30.1 Å². The van der Waals surface area contributed by atoms with Gasteiger partial charge in [-0.2, -0.15) is 0 Å². The van der Waals surface area contributed by atoms with Crippen LogP contribution in [-0.4, -0.2) is 23.6 Å². The highest BCUT2D eigenvalue weighted by atomic mass is 79.9. The van der Waals surface area contributed by atoms with Crippen molar-refractivity contribution in [1.82, 2.24) is 9.97 Å². The lowest BCUT2D eigenvalue weighted by Gasteiger charge is -2.28. The summed E-state index contributed by atoms with van der Waals surface area (Å²) in [5.41, 5.74) is -0.111. The molecular formula is C13H18BrN3O. The Bertz CT molecular complexity index is 501. The van der Waals surface area contributed by atoms with Gasteiger partial charge in [-0.1, -0.05) is 6.42 Å². The number of halogens is 1. The first kappa shape index (κ1) is 12.2. The van der Waals surface area contributed by atoms with Crippen molar-refractivity contribution in [2.45, 2.75) is 25.7 Å². The van der Waals surface area contributed by atoms with Gasteiger partial charge in [-0.25, -0.2) is 4.98 Å². The Hall–Kier alpha value is -0.840. The van der Waals surface area contributed by atoms with Crippen molar-refractivity contribution in [2.75, 3.05) is 18.5 Å². The Balaban J connectivity index is 1.73.